The Balaban J connectivity index is 1.96. The van der Waals surface area contributed by atoms with Gasteiger partial charge in [-0.1, -0.05) is 42.5 Å². The first-order chi connectivity index (χ1) is 11.8. The SMILES string of the molecule is NS(=O)(=O)c1ccc(CNC(=S)N[C@H](C(=O)O)c2ccccc2)cc1. The van der Waals surface area contributed by atoms with Gasteiger partial charge in [0.05, 0.1) is 4.90 Å². The molecule has 132 valence electrons. The molecular weight excluding hydrogens is 362 g/mol. The lowest BCUT2D eigenvalue weighted by molar-refractivity contribution is -0.139. The van der Waals surface area contributed by atoms with E-state index in [0.29, 0.717) is 12.1 Å². The zero-order valence-electron chi connectivity index (χ0n) is 13.0. The second-order valence-corrected chi connectivity index (χ2v) is 7.17. The first-order valence-electron chi connectivity index (χ1n) is 7.21. The van der Waals surface area contributed by atoms with Crippen molar-refractivity contribution in [3.8, 4) is 0 Å². The number of aliphatic carboxylic acids is 1. The molecule has 0 amide bonds. The van der Waals surface area contributed by atoms with Gasteiger partial charge in [-0.05, 0) is 35.5 Å². The Labute approximate surface area is 150 Å². The number of nitrogens with two attached hydrogens (primary N) is 1. The third-order valence-corrected chi connectivity index (χ3v) is 4.55. The summed E-state index contributed by atoms with van der Waals surface area (Å²) in [5, 5.41) is 20.2. The Kier molecular flexibility index (Phi) is 6.07. The minimum Gasteiger partial charge on any atom is -0.479 e. The van der Waals surface area contributed by atoms with Crippen LogP contribution in [0.25, 0.3) is 0 Å². The number of benzene rings is 2. The van der Waals surface area contributed by atoms with Crippen LogP contribution in [-0.4, -0.2) is 24.6 Å². The predicted octanol–water partition coefficient (Wildman–Crippen LogP) is 1.12. The van der Waals surface area contributed by atoms with E-state index >= 15 is 0 Å². The van der Waals surface area contributed by atoms with Crippen LogP contribution in [0.5, 0.6) is 0 Å². The highest BCUT2D eigenvalue weighted by molar-refractivity contribution is 7.89. The van der Waals surface area contributed by atoms with Gasteiger partial charge in [-0.3, -0.25) is 0 Å². The summed E-state index contributed by atoms with van der Waals surface area (Å²) < 4.78 is 22.4. The van der Waals surface area contributed by atoms with Crippen molar-refractivity contribution >= 4 is 33.3 Å². The summed E-state index contributed by atoms with van der Waals surface area (Å²) in [5.41, 5.74) is 1.35. The summed E-state index contributed by atoms with van der Waals surface area (Å²) >= 11 is 5.13. The van der Waals surface area contributed by atoms with Crippen molar-refractivity contribution in [3.05, 3.63) is 65.7 Å². The largest absolute Gasteiger partial charge is 0.479 e. The first-order valence-corrected chi connectivity index (χ1v) is 9.16. The van der Waals surface area contributed by atoms with Crippen molar-refractivity contribution in [1.82, 2.24) is 10.6 Å². The molecule has 0 aliphatic carbocycles. The van der Waals surface area contributed by atoms with E-state index in [-0.39, 0.29) is 10.0 Å². The van der Waals surface area contributed by atoms with Gasteiger partial charge in [-0.15, -0.1) is 0 Å². The van der Waals surface area contributed by atoms with Gasteiger partial charge in [-0.2, -0.15) is 0 Å². The fourth-order valence-corrected chi connectivity index (χ4v) is 2.80. The molecule has 0 spiro atoms. The number of rotatable bonds is 6. The lowest BCUT2D eigenvalue weighted by Gasteiger charge is -2.17. The Morgan fingerprint density at radius 3 is 2.24 bits per heavy atom. The van der Waals surface area contributed by atoms with E-state index in [4.69, 9.17) is 17.4 Å². The van der Waals surface area contributed by atoms with E-state index in [1.165, 1.54) is 12.1 Å². The van der Waals surface area contributed by atoms with Crippen molar-refractivity contribution in [2.24, 2.45) is 5.14 Å². The average molecular weight is 379 g/mol. The lowest BCUT2D eigenvalue weighted by atomic mass is 10.1. The van der Waals surface area contributed by atoms with E-state index in [1.54, 1.807) is 42.5 Å². The minimum absolute atomic E-state index is 0.0203. The van der Waals surface area contributed by atoms with Crippen LogP contribution in [0.15, 0.2) is 59.5 Å². The number of hydrogen-bond acceptors (Lipinski definition) is 4. The molecule has 0 aromatic heterocycles. The molecular formula is C16H17N3O4S2. The number of thiocarbonyl (C=S) groups is 1. The maximum atomic E-state index is 11.4. The minimum atomic E-state index is -3.73. The van der Waals surface area contributed by atoms with Gasteiger partial charge in [0.15, 0.2) is 11.2 Å². The van der Waals surface area contributed by atoms with E-state index < -0.39 is 22.0 Å². The Morgan fingerprint density at radius 2 is 1.72 bits per heavy atom. The number of carboxylic acids is 1. The van der Waals surface area contributed by atoms with Gasteiger partial charge in [0, 0.05) is 6.54 Å². The Morgan fingerprint density at radius 1 is 1.12 bits per heavy atom. The maximum Gasteiger partial charge on any atom is 0.330 e. The van der Waals surface area contributed by atoms with Crippen molar-refractivity contribution in [2.75, 3.05) is 0 Å². The molecule has 1 atom stereocenters. The molecule has 0 fully saturated rings. The average Bonchev–Trinajstić information content (AvgIpc) is 2.58. The predicted molar refractivity (Wildman–Crippen MR) is 97.2 cm³/mol. The van der Waals surface area contributed by atoms with Crippen LogP contribution in [-0.2, 0) is 21.4 Å². The molecule has 0 saturated heterocycles. The molecule has 25 heavy (non-hydrogen) atoms. The third-order valence-electron chi connectivity index (χ3n) is 3.36. The van der Waals surface area contributed by atoms with Gasteiger partial charge in [-0.25, -0.2) is 18.4 Å². The van der Waals surface area contributed by atoms with Crippen LogP contribution in [0, 0.1) is 0 Å². The summed E-state index contributed by atoms with van der Waals surface area (Å²) in [7, 11) is -3.73. The zero-order chi connectivity index (χ0) is 18.4. The summed E-state index contributed by atoms with van der Waals surface area (Å²) in [6.07, 6.45) is 0. The standard InChI is InChI=1S/C16H17N3O4S2/c17-25(22,23)13-8-6-11(7-9-13)10-18-16(24)19-14(15(20)21)12-4-2-1-3-5-12/h1-9,14H,10H2,(H,20,21)(H2,17,22,23)(H2,18,19,24)/t14-/m0/s1. The number of sulfonamides is 1. The molecule has 2 aromatic rings. The first kappa shape index (κ1) is 18.8. The van der Waals surface area contributed by atoms with Crippen molar-refractivity contribution < 1.29 is 18.3 Å². The quantitative estimate of drug-likeness (QED) is 0.555. The molecule has 7 nitrogen and oxygen atoms in total. The van der Waals surface area contributed by atoms with Crippen LogP contribution in [0.2, 0.25) is 0 Å². The maximum absolute atomic E-state index is 11.4. The highest BCUT2D eigenvalue weighted by Gasteiger charge is 2.20. The van der Waals surface area contributed by atoms with E-state index in [1.807, 2.05) is 0 Å². The van der Waals surface area contributed by atoms with Gasteiger partial charge >= 0.3 is 5.97 Å². The van der Waals surface area contributed by atoms with Gasteiger partial charge in [0.2, 0.25) is 10.0 Å². The summed E-state index contributed by atoms with van der Waals surface area (Å²) in [4.78, 5) is 11.4. The third kappa shape index (κ3) is 5.52. The molecule has 2 rings (SSSR count). The van der Waals surface area contributed by atoms with Crippen LogP contribution in [0.3, 0.4) is 0 Å². The molecule has 2 aromatic carbocycles. The summed E-state index contributed by atoms with van der Waals surface area (Å²) in [5.74, 6) is -1.05. The van der Waals surface area contributed by atoms with Crippen LogP contribution >= 0.6 is 12.2 Å². The molecule has 0 aliphatic heterocycles. The van der Waals surface area contributed by atoms with E-state index in [0.717, 1.165) is 5.56 Å². The Bertz CT molecular complexity index is 853. The van der Waals surface area contributed by atoms with E-state index in [9.17, 15) is 18.3 Å². The molecule has 0 bridgehead atoms. The normalized spacial score (nSPS) is 12.2. The molecule has 9 heteroatoms. The molecule has 0 heterocycles. The molecule has 0 saturated carbocycles. The fourth-order valence-electron chi connectivity index (χ4n) is 2.09. The van der Waals surface area contributed by atoms with Gasteiger partial charge < -0.3 is 15.7 Å². The Hall–Kier alpha value is -2.49. The molecule has 0 unspecified atom stereocenters. The monoisotopic (exact) mass is 379 g/mol. The summed E-state index contributed by atoms with van der Waals surface area (Å²) in [6, 6.07) is 13.7. The number of carbonyl (C=O) groups is 1. The lowest BCUT2D eigenvalue weighted by Crippen LogP contribution is -2.40. The van der Waals surface area contributed by atoms with Crippen LogP contribution in [0.1, 0.15) is 17.2 Å². The number of hydrogen-bond donors (Lipinski definition) is 4. The number of carboxylic acid groups (broad SMARTS) is 1. The van der Waals surface area contributed by atoms with Crippen LogP contribution < -0.4 is 15.8 Å². The summed E-state index contributed by atoms with van der Waals surface area (Å²) in [6.45, 7) is 0.303. The van der Waals surface area contributed by atoms with Gasteiger partial charge in [0.1, 0.15) is 0 Å². The fraction of sp³-hybridized carbons (Fsp3) is 0.125. The van der Waals surface area contributed by atoms with Crippen LogP contribution in [0.4, 0.5) is 0 Å². The smallest absolute Gasteiger partial charge is 0.330 e. The zero-order valence-corrected chi connectivity index (χ0v) is 14.7. The molecule has 0 radical (unpaired) electrons. The second-order valence-electron chi connectivity index (χ2n) is 5.20. The number of primary sulfonamides is 1. The number of nitrogens with one attached hydrogen (secondary N) is 2. The van der Waals surface area contributed by atoms with Crippen molar-refractivity contribution in [1.29, 1.82) is 0 Å². The van der Waals surface area contributed by atoms with Crippen molar-refractivity contribution in [3.63, 3.8) is 0 Å². The molecule has 5 N–H and O–H groups in total. The van der Waals surface area contributed by atoms with Crippen molar-refractivity contribution in [2.45, 2.75) is 17.5 Å². The highest BCUT2D eigenvalue weighted by Crippen LogP contribution is 2.13. The van der Waals surface area contributed by atoms with Gasteiger partial charge in [0.25, 0.3) is 0 Å². The van der Waals surface area contributed by atoms with E-state index in [2.05, 4.69) is 10.6 Å². The topological polar surface area (TPSA) is 122 Å². The second kappa shape index (κ2) is 8.06. The highest BCUT2D eigenvalue weighted by atomic mass is 32.2. The molecule has 0 aliphatic rings.